The maximum atomic E-state index is 13.2. The van der Waals surface area contributed by atoms with Gasteiger partial charge in [0.15, 0.2) is 0 Å². The van der Waals surface area contributed by atoms with Gasteiger partial charge in [-0.2, -0.15) is 0 Å². The van der Waals surface area contributed by atoms with Crippen molar-refractivity contribution in [3.63, 3.8) is 0 Å². The molecule has 0 radical (unpaired) electrons. The van der Waals surface area contributed by atoms with Crippen molar-refractivity contribution in [2.24, 2.45) is 0 Å². The van der Waals surface area contributed by atoms with Gasteiger partial charge in [-0.05, 0) is 30.7 Å². The molecule has 2 atom stereocenters. The van der Waals surface area contributed by atoms with Crippen LogP contribution in [0.25, 0.3) is 0 Å². The number of aromatic nitrogens is 1. The number of nitrogens with zero attached hydrogens (tertiary/aromatic N) is 2. The zero-order valence-electron chi connectivity index (χ0n) is 15.0. The van der Waals surface area contributed by atoms with Crippen LogP contribution in [0, 0.1) is 0 Å². The number of furan rings is 1. The highest BCUT2D eigenvalue weighted by Gasteiger charge is 2.34. The SMILES string of the molecule is CC(NC(=O)c1ccoc1)C(=O)N1CCn2cccc2C1c1ccccc1. The third-order valence-corrected chi connectivity index (χ3v) is 4.94. The van der Waals surface area contributed by atoms with Crippen LogP contribution >= 0.6 is 0 Å². The molecular formula is C21H21N3O3. The Morgan fingerprint density at radius 2 is 1.93 bits per heavy atom. The highest BCUT2D eigenvalue weighted by molar-refractivity contribution is 5.97. The lowest BCUT2D eigenvalue weighted by atomic mass is 9.99. The van der Waals surface area contributed by atoms with E-state index in [2.05, 4.69) is 9.88 Å². The fourth-order valence-electron chi connectivity index (χ4n) is 3.59. The first-order valence-electron chi connectivity index (χ1n) is 8.98. The number of amides is 2. The summed E-state index contributed by atoms with van der Waals surface area (Å²) < 4.78 is 7.12. The average molecular weight is 363 g/mol. The quantitative estimate of drug-likeness (QED) is 0.775. The lowest BCUT2D eigenvalue weighted by molar-refractivity contribution is -0.135. The van der Waals surface area contributed by atoms with Crippen molar-refractivity contribution in [2.45, 2.75) is 25.6 Å². The van der Waals surface area contributed by atoms with Crippen LogP contribution in [0.15, 0.2) is 71.7 Å². The Balaban J connectivity index is 1.59. The second-order valence-electron chi connectivity index (χ2n) is 6.68. The Kier molecular flexibility index (Phi) is 4.54. The van der Waals surface area contributed by atoms with Gasteiger partial charge >= 0.3 is 0 Å². The Bertz CT molecular complexity index is 931. The summed E-state index contributed by atoms with van der Waals surface area (Å²) in [7, 11) is 0. The molecule has 1 aliphatic rings. The van der Waals surface area contributed by atoms with Crippen LogP contribution in [0.2, 0.25) is 0 Å². The van der Waals surface area contributed by atoms with Crippen LogP contribution < -0.4 is 5.32 Å². The van der Waals surface area contributed by atoms with Gasteiger partial charge < -0.3 is 19.2 Å². The van der Waals surface area contributed by atoms with E-state index in [4.69, 9.17) is 4.42 Å². The highest BCUT2D eigenvalue weighted by Crippen LogP contribution is 2.32. The van der Waals surface area contributed by atoms with E-state index in [1.165, 1.54) is 12.5 Å². The van der Waals surface area contributed by atoms with Gasteiger partial charge in [0.25, 0.3) is 5.91 Å². The number of hydrogen-bond donors (Lipinski definition) is 1. The number of fused-ring (bicyclic) bond motifs is 1. The van der Waals surface area contributed by atoms with Crippen molar-refractivity contribution >= 4 is 11.8 Å². The molecule has 0 saturated carbocycles. The normalized spacial score (nSPS) is 17.2. The summed E-state index contributed by atoms with van der Waals surface area (Å²) in [5.41, 5.74) is 2.54. The van der Waals surface area contributed by atoms with Gasteiger partial charge in [-0.15, -0.1) is 0 Å². The Hall–Kier alpha value is -3.28. The lowest BCUT2D eigenvalue weighted by Gasteiger charge is -2.38. The molecule has 3 aromatic rings. The maximum Gasteiger partial charge on any atom is 0.255 e. The fourth-order valence-corrected chi connectivity index (χ4v) is 3.59. The molecule has 0 saturated heterocycles. The summed E-state index contributed by atoms with van der Waals surface area (Å²) in [5, 5.41) is 2.77. The molecule has 6 heteroatoms. The minimum atomic E-state index is -0.639. The molecule has 0 bridgehead atoms. The van der Waals surface area contributed by atoms with Crippen molar-refractivity contribution < 1.29 is 14.0 Å². The Morgan fingerprint density at radius 1 is 1.11 bits per heavy atom. The van der Waals surface area contributed by atoms with E-state index in [0.29, 0.717) is 12.1 Å². The summed E-state index contributed by atoms with van der Waals surface area (Å²) in [6, 6.07) is 14.8. The van der Waals surface area contributed by atoms with Crippen LogP contribution in [0.1, 0.15) is 34.6 Å². The number of hydrogen-bond acceptors (Lipinski definition) is 3. The van der Waals surface area contributed by atoms with E-state index in [9.17, 15) is 9.59 Å². The standard InChI is InChI=1S/C21H21N3O3/c1-15(22-20(25)17-9-13-27-14-17)21(26)24-12-11-23-10-5-8-18(23)19(24)16-6-3-2-4-7-16/h2-10,13-15,19H,11-12H2,1H3,(H,22,25). The van der Waals surface area contributed by atoms with Crippen LogP contribution in [0.3, 0.4) is 0 Å². The number of carbonyl (C=O) groups excluding carboxylic acids is 2. The largest absolute Gasteiger partial charge is 0.472 e. The van der Waals surface area contributed by atoms with Crippen molar-refractivity contribution in [3.05, 3.63) is 84.1 Å². The average Bonchev–Trinajstić information content (AvgIpc) is 3.38. The minimum absolute atomic E-state index is 0.104. The Morgan fingerprint density at radius 3 is 2.67 bits per heavy atom. The van der Waals surface area contributed by atoms with Crippen LogP contribution in [-0.2, 0) is 11.3 Å². The van der Waals surface area contributed by atoms with Gasteiger partial charge in [0.1, 0.15) is 12.3 Å². The molecule has 1 aromatic carbocycles. The first-order valence-corrected chi connectivity index (χ1v) is 8.98. The van der Waals surface area contributed by atoms with Gasteiger partial charge in [0.05, 0.1) is 17.9 Å². The molecule has 1 aliphatic heterocycles. The molecule has 27 heavy (non-hydrogen) atoms. The summed E-state index contributed by atoms with van der Waals surface area (Å²) in [6.07, 6.45) is 4.84. The maximum absolute atomic E-state index is 13.2. The van der Waals surface area contributed by atoms with Crippen molar-refractivity contribution in [3.8, 4) is 0 Å². The molecule has 6 nitrogen and oxygen atoms in total. The van der Waals surface area contributed by atoms with Crippen molar-refractivity contribution in [1.29, 1.82) is 0 Å². The second-order valence-corrected chi connectivity index (χ2v) is 6.68. The van der Waals surface area contributed by atoms with Gasteiger partial charge in [0, 0.05) is 25.0 Å². The van der Waals surface area contributed by atoms with E-state index in [-0.39, 0.29) is 17.9 Å². The lowest BCUT2D eigenvalue weighted by Crippen LogP contribution is -2.51. The second kappa shape index (κ2) is 7.15. The van der Waals surface area contributed by atoms with Crippen LogP contribution in [0.5, 0.6) is 0 Å². The van der Waals surface area contributed by atoms with E-state index in [1.54, 1.807) is 13.0 Å². The number of carbonyl (C=O) groups is 2. The topological polar surface area (TPSA) is 67.5 Å². The van der Waals surface area contributed by atoms with Crippen molar-refractivity contribution in [2.75, 3.05) is 6.54 Å². The first kappa shape index (κ1) is 17.1. The van der Waals surface area contributed by atoms with E-state index in [0.717, 1.165) is 17.8 Å². The zero-order chi connectivity index (χ0) is 18.8. The number of rotatable bonds is 4. The predicted octanol–water partition coefficient (Wildman–Crippen LogP) is 2.83. The predicted molar refractivity (Wildman–Crippen MR) is 100 cm³/mol. The van der Waals surface area contributed by atoms with E-state index < -0.39 is 6.04 Å². The molecule has 0 fully saturated rings. The summed E-state index contributed by atoms with van der Waals surface area (Å²) in [5.74, 6) is -0.422. The number of nitrogens with one attached hydrogen (secondary N) is 1. The summed E-state index contributed by atoms with van der Waals surface area (Å²) in [4.78, 5) is 27.3. The monoisotopic (exact) mass is 363 g/mol. The third kappa shape index (κ3) is 3.26. The van der Waals surface area contributed by atoms with Gasteiger partial charge in [-0.3, -0.25) is 9.59 Å². The molecule has 138 valence electrons. The molecule has 2 amide bonds. The zero-order valence-corrected chi connectivity index (χ0v) is 15.0. The molecule has 2 unspecified atom stereocenters. The third-order valence-electron chi connectivity index (χ3n) is 4.94. The van der Waals surface area contributed by atoms with Gasteiger partial charge in [0.2, 0.25) is 5.91 Å². The highest BCUT2D eigenvalue weighted by atomic mass is 16.3. The first-order chi connectivity index (χ1) is 13.1. The van der Waals surface area contributed by atoms with E-state index >= 15 is 0 Å². The smallest absolute Gasteiger partial charge is 0.255 e. The molecular weight excluding hydrogens is 342 g/mol. The minimum Gasteiger partial charge on any atom is -0.472 e. The molecule has 1 N–H and O–H groups in total. The molecule has 0 spiro atoms. The molecule has 2 aromatic heterocycles. The molecule has 0 aliphatic carbocycles. The van der Waals surface area contributed by atoms with Crippen molar-refractivity contribution in [1.82, 2.24) is 14.8 Å². The summed E-state index contributed by atoms with van der Waals surface area (Å²) in [6.45, 7) is 3.04. The summed E-state index contributed by atoms with van der Waals surface area (Å²) >= 11 is 0. The molecule has 4 rings (SSSR count). The molecule has 3 heterocycles. The fraction of sp³-hybridized carbons (Fsp3) is 0.238. The number of benzene rings is 1. The van der Waals surface area contributed by atoms with E-state index in [1.807, 2.05) is 53.6 Å². The van der Waals surface area contributed by atoms with Gasteiger partial charge in [-0.1, -0.05) is 30.3 Å². The van der Waals surface area contributed by atoms with Crippen LogP contribution in [-0.4, -0.2) is 33.9 Å². The van der Waals surface area contributed by atoms with Gasteiger partial charge in [-0.25, -0.2) is 0 Å². The van der Waals surface area contributed by atoms with Crippen LogP contribution in [0.4, 0.5) is 0 Å². The Labute approximate surface area is 157 Å².